The summed E-state index contributed by atoms with van der Waals surface area (Å²) in [5.74, 6) is 0.737. The Bertz CT molecular complexity index is 512. The van der Waals surface area contributed by atoms with Crippen molar-refractivity contribution in [2.45, 2.75) is 20.3 Å². The zero-order valence-corrected chi connectivity index (χ0v) is 9.97. The van der Waals surface area contributed by atoms with E-state index in [4.69, 9.17) is 0 Å². The van der Waals surface area contributed by atoms with Gasteiger partial charge >= 0.3 is 0 Å². The van der Waals surface area contributed by atoms with E-state index in [2.05, 4.69) is 42.0 Å². The Balaban J connectivity index is 2.21. The average Bonchev–Trinajstić information content (AvgIpc) is 2.28. The van der Waals surface area contributed by atoms with Crippen LogP contribution in [0.3, 0.4) is 0 Å². The molecule has 0 amide bonds. The predicted molar refractivity (Wildman–Crippen MR) is 66.1 cm³/mol. The first kappa shape index (κ1) is 11.5. The van der Waals surface area contributed by atoms with Crippen LogP contribution < -0.4 is 0 Å². The summed E-state index contributed by atoms with van der Waals surface area (Å²) in [6.07, 6.45) is 4.55. The number of carbonyl (C=O) groups is 1. The lowest BCUT2D eigenvalue weighted by molar-refractivity contribution is 0.112. The van der Waals surface area contributed by atoms with Crippen molar-refractivity contribution in [2.75, 3.05) is 0 Å². The number of hydrogen-bond donors (Lipinski definition) is 0. The van der Waals surface area contributed by atoms with Gasteiger partial charge in [-0.1, -0.05) is 29.3 Å². The van der Waals surface area contributed by atoms with Crippen LogP contribution in [0.5, 0.6) is 0 Å². The third-order valence-corrected chi connectivity index (χ3v) is 2.51. The van der Waals surface area contributed by atoms with E-state index in [0.29, 0.717) is 12.0 Å². The molecule has 0 radical (unpaired) electrons. The van der Waals surface area contributed by atoms with Gasteiger partial charge in [-0.3, -0.25) is 4.79 Å². The Morgan fingerprint density at radius 3 is 2.18 bits per heavy atom. The van der Waals surface area contributed by atoms with Gasteiger partial charge < -0.3 is 0 Å². The zero-order chi connectivity index (χ0) is 12.3. The highest BCUT2D eigenvalue weighted by molar-refractivity contribution is 5.73. The van der Waals surface area contributed by atoms with Crippen molar-refractivity contribution in [3.05, 3.63) is 58.7 Å². The first-order valence-electron chi connectivity index (χ1n) is 5.50. The molecule has 0 saturated heterocycles. The van der Waals surface area contributed by atoms with Gasteiger partial charge in [0, 0.05) is 18.8 Å². The lowest BCUT2D eigenvalue weighted by Crippen LogP contribution is -1.98. The number of hydrogen-bond acceptors (Lipinski definition) is 3. The van der Waals surface area contributed by atoms with E-state index in [9.17, 15) is 4.79 Å². The molecular weight excluding hydrogens is 212 g/mol. The van der Waals surface area contributed by atoms with Gasteiger partial charge in [0.05, 0.1) is 5.56 Å². The lowest BCUT2D eigenvalue weighted by Gasteiger charge is -2.04. The minimum Gasteiger partial charge on any atom is -0.298 e. The van der Waals surface area contributed by atoms with E-state index < -0.39 is 0 Å². The van der Waals surface area contributed by atoms with Crippen LogP contribution in [-0.4, -0.2) is 16.3 Å². The van der Waals surface area contributed by atoms with Gasteiger partial charge in [-0.05, 0) is 19.4 Å². The number of carbonyl (C=O) groups excluding carboxylic acids is 1. The number of aryl methyl sites for hydroxylation is 2. The van der Waals surface area contributed by atoms with Crippen LogP contribution in [0.15, 0.2) is 30.6 Å². The number of aromatic nitrogens is 2. The fourth-order valence-corrected chi connectivity index (χ4v) is 1.87. The standard InChI is InChI=1S/C14H14N2O/c1-10-3-11(2)5-12(4-10)6-14-15-7-13(9-17)8-16-14/h3-5,7-9H,6H2,1-2H3. The molecule has 0 unspecified atom stereocenters. The van der Waals surface area contributed by atoms with Crippen LogP contribution >= 0.6 is 0 Å². The first-order chi connectivity index (χ1) is 8.17. The maximum absolute atomic E-state index is 10.5. The third kappa shape index (κ3) is 2.97. The van der Waals surface area contributed by atoms with Gasteiger partial charge in [0.15, 0.2) is 6.29 Å². The lowest BCUT2D eigenvalue weighted by atomic mass is 10.0. The van der Waals surface area contributed by atoms with Gasteiger partial charge in [-0.2, -0.15) is 0 Å². The molecule has 86 valence electrons. The molecule has 3 heteroatoms. The summed E-state index contributed by atoms with van der Waals surface area (Å²) in [6.45, 7) is 4.15. The minimum absolute atomic E-state index is 0.508. The summed E-state index contributed by atoms with van der Waals surface area (Å²) in [6, 6.07) is 6.40. The van der Waals surface area contributed by atoms with E-state index in [1.54, 1.807) is 12.4 Å². The molecule has 0 aliphatic carbocycles. The average molecular weight is 226 g/mol. The zero-order valence-electron chi connectivity index (χ0n) is 9.97. The Hall–Kier alpha value is -2.03. The maximum Gasteiger partial charge on any atom is 0.153 e. The molecule has 1 heterocycles. The van der Waals surface area contributed by atoms with Crippen molar-refractivity contribution in [1.82, 2.24) is 9.97 Å². The smallest absolute Gasteiger partial charge is 0.153 e. The second-order valence-corrected chi connectivity index (χ2v) is 4.22. The van der Waals surface area contributed by atoms with Crippen LogP contribution in [0, 0.1) is 13.8 Å². The van der Waals surface area contributed by atoms with Crippen LogP contribution in [0.1, 0.15) is 32.9 Å². The van der Waals surface area contributed by atoms with Crippen LogP contribution in [0.4, 0.5) is 0 Å². The van der Waals surface area contributed by atoms with Gasteiger partial charge in [0.25, 0.3) is 0 Å². The summed E-state index contributed by atoms with van der Waals surface area (Å²) in [5, 5.41) is 0. The number of benzene rings is 1. The van der Waals surface area contributed by atoms with Crippen molar-refractivity contribution in [2.24, 2.45) is 0 Å². The normalized spacial score (nSPS) is 10.2. The van der Waals surface area contributed by atoms with E-state index in [1.165, 1.54) is 16.7 Å². The molecule has 0 bridgehead atoms. The maximum atomic E-state index is 10.5. The second kappa shape index (κ2) is 4.87. The summed E-state index contributed by atoms with van der Waals surface area (Å²) >= 11 is 0. The van der Waals surface area contributed by atoms with Crippen molar-refractivity contribution >= 4 is 6.29 Å². The summed E-state index contributed by atoms with van der Waals surface area (Å²) in [7, 11) is 0. The monoisotopic (exact) mass is 226 g/mol. The molecule has 0 aliphatic heterocycles. The Morgan fingerprint density at radius 1 is 1.06 bits per heavy atom. The predicted octanol–water partition coefficient (Wildman–Crippen LogP) is 2.50. The number of nitrogens with zero attached hydrogens (tertiary/aromatic N) is 2. The molecular formula is C14H14N2O. The molecule has 0 spiro atoms. The molecule has 1 aromatic carbocycles. The highest BCUT2D eigenvalue weighted by atomic mass is 16.1. The third-order valence-electron chi connectivity index (χ3n) is 2.51. The van der Waals surface area contributed by atoms with E-state index in [1.807, 2.05) is 0 Å². The highest BCUT2D eigenvalue weighted by Crippen LogP contribution is 2.11. The largest absolute Gasteiger partial charge is 0.298 e. The summed E-state index contributed by atoms with van der Waals surface area (Å²) < 4.78 is 0. The van der Waals surface area contributed by atoms with Crippen LogP contribution in [-0.2, 0) is 6.42 Å². The number of rotatable bonds is 3. The van der Waals surface area contributed by atoms with Crippen LogP contribution in [0.25, 0.3) is 0 Å². The molecule has 0 N–H and O–H groups in total. The van der Waals surface area contributed by atoms with Crippen LogP contribution in [0.2, 0.25) is 0 Å². The molecule has 1 aromatic heterocycles. The molecule has 0 saturated carbocycles. The van der Waals surface area contributed by atoms with E-state index in [0.717, 1.165) is 12.1 Å². The summed E-state index contributed by atoms with van der Waals surface area (Å²) in [4.78, 5) is 18.8. The van der Waals surface area contributed by atoms with E-state index in [-0.39, 0.29) is 0 Å². The number of aldehydes is 1. The Labute approximate surface area is 101 Å². The van der Waals surface area contributed by atoms with E-state index >= 15 is 0 Å². The Morgan fingerprint density at radius 2 is 1.65 bits per heavy atom. The molecule has 17 heavy (non-hydrogen) atoms. The highest BCUT2D eigenvalue weighted by Gasteiger charge is 2.01. The van der Waals surface area contributed by atoms with Gasteiger partial charge in [-0.25, -0.2) is 9.97 Å². The molecule has 3 nitrogen and oxygen atoms in total. The molecule has 2 aromatic rings. The second-order valence-electron chi connectivity index (χ2n) is 4.22. The van der Waals surface area contributed by atoms with Crippen molar-refractivity contribution in [3.63, 3.8) is 0 Å². The van der Waals surface area contributed by atoms with Crippen molar-refractivity contribution in [3.8, 4) is 0 Å². The fourth-order valence-electron chi connectivity index (χ4n) is 1.87. The van der Waals surface area contributed by atoms with Gasteiger partial charge in [-0.15, -0.1) is 0 Å². The molecule has 0 atom stereocenters. The van der Waals surface area contributed by atoms with Gasteiger partial charge in [0.1, 0.15) is 5.82 Å². The fraction of sp³-hybridized carbons (Fsp3) is 0.214. The molecule has 0 aliphatic rings. The van der Waals surface area contributed by atoms with Gasteiger partial charge in [0.2, 0.25) is 0 Å². The quantitative estimate of drug-likeness (QED) is 0.755. The Kier molecular flexibility index (Phi) is 3.28. The summed E-state index contributed by atoms with van der Waals surface area (Å²) in [5.41, 5.74) is 4.18. The molecule has 0 fully saturated rings. The first-order valence-corrected chi connectivity index (χ1v) is 5.50. The SMILES string of the molecule is Cc1cc(C)cc(Cc2ncc(C=O)cn2)c1. The van der Waals surface area contributed by atoms with Crippen molar-refractivity contribution < 1.29 is 4.79 Å². The minimum atomic E-state index is 0.508. The molecule has 2 rings (SSSR count). The van der Waals surface area contributed by atoms with Crippen molar-refractivity contribution in [1.29, 1.82) is 0 Å². The topological polar surface area (TPSA) is 42.9 Å².